The topological polar surface area (TPSA) is 113 Å². The highest BCUT2D eigenvalue weighted by Crippen LogP contribution is 2.31. The van der Waals surface area contributed by atoms with Crippen molar-refractivity contribution in [3.8, 4) is 0 Å². The molecule has 1 fully saturated rings. The maximum Gasteiger partial charge on any atom is 0.356 e. The third-order valence-electron chi connectivity index (χ3n) is 3.07. The van der Waals surface area contributed by atoms with Crippen LogP contribution < -0.4 is 0 Å². The van der Waals surface area contributed by atoms with Crippen LogP contribution in [-0.2, 0) is 14.8 Å². The van der Waals surface area contributed by atoms with Crippen LogP contribution in [-0.4, -0.2) is 66.2 Å². The second-order valence-corrected chi connectivity index (χ2v) is 6.54. The molecule has 2 heterocycles. The summed E-state index contributed by atoms with van der Waals surface area (Å²) in [6.45, 7) is -1.23. The van der Waals surface area contributed by atoms with E-state index in [9.17, 15) is 22.0 Å². The molecule has 2 N–H and O–H groups in total. The summed E-state index contributed by atoms with van der Waals surface area (Å²) in [5, 5.41) is 13.5. The Balaban J connectivity index is 2.31. The molecule has 2 rings (SSSR count). The van der Waals surface area contributed by atoms with E-state index in [1.54, 1.807) is 0 Å². The molecule has 1 aromatic rings. The molecule has 0 saturated carbocycles. The van der Waals surface area contributed by atoms with Crippen LogP contribution in [0.4, 0.5) is 8.78 Å². The summed E-state index contributed by atoms with van der Waals surface area (Å²) >= 11 is 0. The van der Waals surface area contributed by atoms with Gasteiger partial charge in [0.05, 0.1) is 12.6 Å². The molecule has 0 radical (unpaired) electrons. The number of carboxylic acids is 1. The highest BCUT2D eigenvalue weighted by atomic mass is 32.2. The molecule has 0 unspecified atom stereocenters. The zero-order valence-electron chi connectivity index (χ0n) is 10.9. The average Bonchev–Trinajstić information content (AvgIpc) is 2.87. The number of ether oxygens (including phenoxy) is 1. The van der Waals surface area contributed by atoms with Gasteiger partial charge in [0.25, 0.3) is 15.9 Å². The number of aromatic carboxylic acids is 1. The summed E-state index contributed by atoms with van der Waals surface area (Å²) < 4.78 is 57.0. The third-order valence-corrected chi connectivity index (χ3v) is 4.79. The fourth-order valence-corrected chi connectivity index (χ4v) is 3.46. The number of piperidine rings is 1. The molecule has 21 heavy (non-hydrogen) atoms. The van der Waals surface area contributed by atoms with Crippen molar-refractivity contribution in [2.45, 2.75) is 23.5 Å². The number of sulfonamides is 1. The van der Waals surface area contributed by atoms with Crippen molar-refractivity contribution in [2.24, 2.45) is 0 Å². The van der Waals surface area contributed by atoms with Gasteiger partial charge in [0.2, 0.25) is 0 Å². The van der Waals surface area contributed by atoms with Gasteiger partial charge in [-0.3, -0.25) is 5.10 Å². The lowest BCUT2D eigenvalue weighted by atomic mass is 10.1. The number of hydrogen-bond donors (Lipinski definition) is 2. The number of alkyl halides is 2. The lowest BCUT2D eigenvalue weighted by Gasteiger charge is -2.35. The van der Waals surface area contributed by atoms with Crippen molar-refractivity contribution in [2.75, 3.05) is 20.2 Å². The van der Waals surface area contributed by atoms with Crippen molar-refractivity contribution in [3.05, 3.63) is 11.8 Å². The van der Waals surface area contributed by atoms with E-state index in [-0.39, 0.29) is 6.54 Å². The van der Waals surface area contributed by atoms with Gasteiger partial charge in [-0.1, -0.05) is 0 Å². The van der Waals surface area contributed by atoms with Gasteiger partial charge in [-0.05, 0) is 0 Å². The number of nitrogens with zero attached hydrogens (tertiary/aromatic N) is 2. The van der Waals surface area contributed by atoms with Gasteiger partial charge in [0, 0.05) is 26.1 Å². The van der Waals surface area contributed by atoms with E-state index in [1.807, 2.05) is 5.10 Å². The molecule has 0 aliphatic carbocycles. The van der Waals surface area contributed by atoms with Crippen molar-refractivity contribution < 1.29 is 31.8 Å². The summed E-state index contributed by atoms with van der Waals surface area (Å²) in [4.78, 5) is 10.7. The predicted molar refractivity (Wildman–Crippen MR) is 64.7 cm³/mol. The molecule has 1 atom stereocenters. The molecular weight excluding hydrogens is 312 g/mol. The first kappa shape index (κ1) is 15.8. The van der Waals surface area contributed by atoms with Crippen molar-refractivity contribution >= 4 is 16.0 Å². The normalized spacial score (nSPS) is 23.1. The summed E-state index contributed by atoms with van der Waals surface area (Å²) in [7, 11) is -3.08. The van der Waals surface area contributed by atoms with Crippen LogP contribution in [0.3, 0.4) is 0 Å². The van der Waals surface area contributed by atoms with Crippen LogP contribution in [0.15, 0.2) is 11.1 Å². The van der Waals surface area contributed by atoms with Crippen LogP contribution in [0.25, 0.3) is 0 Å². The molecule has 8 nitrogen and oxygen atoms in total. The third kappa shape index (κ3) is 3.19. The SMILES string of the molecule is CO[C@H]1CN(S(=O)(=O)c2cc(C(=O)O)n[nH]2)CC(F)(F)C1. The minimum absolute atomic E-state index is 0.240. The van der Waals surface area contributed by atoms with Crippen LogP contribution in [0.1, 0.15) is 16.9 Å². The smallest absolute Gasteiger partial charge is 0.356 e. The Kier molecular flexibility index (Phi) is 4.00. The van der Waals surface area contributed by atoms with Gasteiger partial charge in [-0.25, -0.2) is 22.0 Å². The molecular formula is C10H13F2N3O5S. The Morgan fingerprint density at radius 2 is 2.29 bits per heavy atom. The second kappa shape index (κ2) is 5.31. The zero-order valence-corrected chi connectivity index (χ0v) is 11.7. The number of halogens is 2. The number of carboxylic acid groups (broad SMARTS) is 1. The quantitative estimate of drug-likeness (QED) is 0.815. The maximum atomic E-state index is 13.6. The number of aromatic nitrogens is 2. The molecule has 0 bridgehead atoms. The van der Waals surface area contributed by atoms with E-state index in [2.05, 4.69) is 5.10 Å². The summed E-state index contributed by atoms with van der Waals surface area (Å²) in [5.74, 6) is -4.65. The first-order chi connectivity index (χ1) is 9.65. The number of H-pyrrole nitrogens is 1. The highest BCUT2D eigenvalue weighted by Gasteiger charge is 2.45. The fraction of sp³-hybridized carbons (Fsp3) is 0.600. The van der Waals surface area contributed by atoms with Gasteiger partial charge in [-0.15, -0.1) is 0 Å². The van der Waals surface area contributed by atoms with Gasteiger partial charge in [-0.2, -0.15) is 9.40 Å². The summed E-state index contributed by atoms with van der Waals surface area (Å²) in [6.07, 6.45) is -1.51. The van der Waals surface area contributed by atoms with E-state index < -0.39 is 51.7 Å². The Hall–Kier alpha value is -1.59. The molecule has 1 saturated heterocycles. The van der Waals surface area contributed by atoms with Crippen LogP contribution in [0.5, 0.6) is 0 Å². The molecule has 1 aliphatic rings. The van der Waals surface area contributed by atoms with E-state index in [0.717, 1.165) is 6.07 Å². The summed E-state index contributed by atoms with van der Waals surface area (Å²) in [5.41, 5.74) is -0.513. The monoisotopic (exact) mass is 325 g/mol. The molecule has 1 aromatic heterocycles. The molecule has 0 spiro atoms. The molecule has 1 aliphatic heterocycles. The van der Waals surface area contributed by atoms with Gasteiger partial charge in [0.15, 0.2) is 10.7 Å². The van der Waals surface area contributed by atoms with Crippen LogP contribution in [0.2, 0.25) is 0 Å². The minimum Gasteiger partial charge on any atom is -0.476 e. The second-order valence-electron chi connectivity index (χ2n) is 4.64. The number of hydrogen-bond acceptors (Lipinski definition) is 5. The number of rotatable bonds is 4. The average molecular weight is 325 g/mol. The molecule has 11 heteroatoms. The van der Waals surface area contributed by atoms with Crippen LogP contribution in [0, 0.1) is 0 Å². The summed E-state index contributed by atoms with van der Waals surface area (Å²) in [6, 6.07) is 0.784. The number of methoxy groups -OCH3 is 1. The Morgan fingerprint density at radius 3 is 2.81 bits per heavy atom. The van der Waals surface area contributed by atoms with E-state index in [0.29, 0.717) is 4.31 Å². The Bertz CT molecular complexity index is 645. The van der Waals surface area contributed by atoms with Gasteiger partial charge < -0.3 is 9.84 Å². The lowest BCUT2D eigenvalue weighted by Crippen LogP contribution is -2.52. The van der Waals surface area contributed by atoms with Crippen molar-refractivity contribution in [3.63, 3.8) is 0 Å². The molecule has 0 amide bonds. The van der Waals surface area contributed by atoms with Crippen molar-refractivity contribution in [1.29, 1.82) is 0 Å². The minimum atomic E-state index is -4.30. The predicted octanol–water partition coefficient (Wildman–Crippen LogP) is 0.153. The highest BCUT2D eigenvalue weighted by molar-refractivity contribution is 7.89. The van der Waals surface area contributed by atoms with Crippen molar-refractivity contribution in [1.82, 2.24) is 14.5 Å². The zero-order chi connectivity index (χ0) is 15.8. The number of carbonyl (C=O) groups is 1. The molecule has 0 aromatic carbocycles. The molecule has 118 valence electrons. The number of nitrogens with one attached hydrogen (secondary N) is 1. The Morgan fingerprint density at radius 1 is 1.62 bits per heavy atom. The number of aromatic amines is 1. The standard InChI is InChI=1S/C10H13F2N3O5S/c1-20-6-3-10(11,12)5-15(4-6)21(18,19)8-2-7(9(16)17)13-14-8/h2,6H,3-5H2,1H3,(H,13,14)(H,16,17)/t6-/m1/s1. The van der Waals surface area contributed by atoms with E-state index in [4.69, 9.17) is 9.84 Å². The first-order valence-corrected chi connectivity index (χ1v) is 7.29. The first-order valence-electron chi connectivity index (χ1n) is 5.85. The Labute approximate surface area is 118 Å². The van der Waals surface area contributed by atoms with Gasteiger partial charge >= 0.3 is 5.97 Å². The van der Waals surface area contributed by atoms with Gasteiger partial charge in [0.1, 0.15) is 0 Å². The van der Waals surface area contributed by atoms with Crippen LogP contribution >= 0.6 is 0 Å². The van der Waals surface area contributed by atoms with E-state index >= 15 is 0 Å². The largest absolute Gasteiger partial charge is 0.476 e. The van der Waals surface area contributed by atoms with E-state index in [1.165, 1.54) is 7.11 Å². The lowest BCUT2D eigenvalue weighted by molar-refractivity contribution is -0.0969. The maximum absolute atomic E-state index is 13.6. The fourth-order valence-electron chi connectivity index (χ4n) is 2.04.